The van der Waals surface area contributed by atoms with Crippen molar-refractivity contribution in [3.63, 3.8) is 0 Å². The zero-order valence-electron chi connectivity index (χ0n) is 11.3. The zero-order chi connectivity index (χ0) is 16.3. The Labute approximate surface area is 123 Å². The van der Waals surface area contributed by atoms with E-state index in [1.165, 1.54) is 19.2 Å². The van der Waals surface area contributed by atoms with Crippen LogP contribution >= 0.6 is 0 Å². The average Bonchev–Trinajstić information content (AvgIpc) is 2.48. The quantitative estimate of drug-likeness (QED) is 0.428. The van der Waals surface area contributed by atoms with Crippen LogP contribution in [0.25, 0.3) is 11.0 Å². The van der Waals surface area contributed by atoms with Gasteiger partial charge in [0.2, 0.25) is 5.43 Å². The van der Waals surface area contributed by atoms with Crippen molar-refractivity contribution < 1.29 is 29.0 Å². The minimum atomic E-state index is -1.63. The van der Waals surface area contributed by atoms with Crippen LogP contribution in [0, 0.1) is 0 Å². The second-order valence-electron chi connectivity index (χ2n) is 4.15. The Morgan fingerprint density at radius 2 is 1.95 bits per heavy atom. The van der Waals surface area contributed by atoms with Gasteiger partial charge in [0.05, 0.1) is 12.5 Å². The average molecular weight is 305 g/mol. The van der Waals surface area contributed by atoms with E-state index in [1.54, 1.807) is 6.07 Å². The Kier molecular flexibility index (Phi) is 4.12. The molecule has 0 aliphatic heterocycles. The third-order valence-electron chi connectivity index (χ3n) is 2.81. The number of carboxylic acid groups (broad SMARTS) is 2. The lowest BCUT2D eigenvalue weighted by Crippen LogP contribution is -2.14. The lowest BCUT2D eigenvalue weighted by Gasteiger charge is -2.04. The topological polar surface area (TPSA) is 126 Å². The van der Waals surface area contributed by atoms with Crippen molar-refractivity contribution in [1.29, 1.82) is 0 Å². The Morgan fingerprint density at radius 1 is 1.27 bits per heavy atom. The smallest absolute Gasteiger partial charge is 0.344 e. The van der Waals surface area contributed by atoms with Crippen LogP contribution in [0.2, 0.25) is 0 Å². The van der Waals surface area contributed by atoms with Gasteiger partial charge in [-0.2, -0.15) is 0 Å². The maximum atomic E-state index is 12.2. The third-order valence-corrected chi connectivity index (χ3v) is 2.81. The van der Waals surface area contributed by atoms with Gasteiger partial charge in [0.1, 0.15) is 23.3 Å². The molecule has 0 aliphatic rings. The van der Waals surface area contributed by atoms with E-state index in [0.29, 0.717) is 11.9 Å². The number of carboxylic acids is 2. The number of benzene rings is 1. The highest BCUT2D eigenvalue weighted by molar-refractivity contribution is 6.12. The van der Waals surface area contributed by atoms with Gasteiger partial charge < -0.3 is 24.7 Å². The number of fused-ring (bicyclic) bond motifs is 1. The van der Waals surface area contributed by atoms with Crippen LogP contribution in [-0.4, -0.2) is 29.3 Å². The van der Waals surface area contributed by atoms with Gasteiger partial charge >= 0.3 is 11.9 Å². The maximum absolute atomic E-state index is 12.2. The van der Waals surface area contributed by atoms with Crippen LogP contribution in [0.15, 0.2) is 45.4 Å². The second-order valence-corrected chi connectivity index (χ2v) is 4.15. The van der Waals surface area contributed by atoms with E-state index < -0.39 is 22.9 Å². The summed E-state index contributed by atoms with van der Waals surface area (Å²) in [6, 6.07) is 4.58. The van der Waals surface area contributed by atoms with Gasteiger partial charge in [-0.15, -0.1) is 0 Å². The van der Waals surface area contributed by atoms with E-state index in [4.69, 9.17) is 19.4 Å². The van der Waals surface area contributed by atoms with E-state index in [2.05, 4.69) is 5.32 Å². The molecule has 0 bridgehead atoms. The number of rotatable bonds is 5. The van der Waals surface area contributed by atoms with Crippen molar-refractivity contribution in [3.05, 3.63) is 46.5 Å². The second kappa shape index (κ2) is 6.00. The fourth-order valence-corrected chi connectivity index (χ4v) is 1.70. The van der Waals surface area contributed by atoms with Gasteiger partial charge in [-0.25, -0.2) is 9.59 Å². The number of carbonyl (C=O) groups is 2. The molecule has 3 N–H and O–H groups in total. The summed E-state index contributed by atoms with van der Waals surface area (Å²) in [4.78, 5) is 33.6. The molecule has 0 amide bonds. The molecule has 22 heavy (non-hydrogen) atoms. The largest absolute Gasteiger partial charge is 0.497 e. The van der Waals surface area contributed by atoms with Crippen LogP contribution in [-0.2, 0) is 9.59 Å². The molecule has 0 unspecified atom stereocenters. The molecule has 1 aromatic heterocycles. The Hall–Kier alpha value is -3.29. The molecule has 8 heteroatoms. The molecule has 0 fully saturated rings. The number of hydrogen-bond acceptors (Lipinski definition) is 6. The van der Waals surface area contributed by atoms with Crippen molar-refractivity contribution in [2.75, 3.05) is 12.4 Å². The van der Waals surface area contributed by atoms with Gasteiger partial charge in [0.25, 0.3) is 0 Å². The molecule has 2 rings (SSSR count). The lowest BCUT2D eigenvalue weighted by molar-refractivity contribution is -0.140. The summed E-state index contributed by atoms with van der Waals surface area (Å²) < 4.78 is 10.3. The highest BCUT2D eigenvalue weighted by Gasteiger charge is 2.16. The number of ether oxygens (including phenoxy) is 1. The minimum Gasteiger partial charge on any atom is -0.497 e. The van der Waals surface area contributed by atoms with Crippen LogP contribution in [0.4, 0.5) is 5.69 Å². The molecule has 0 saturated heterocycles. The zero-order valence-corrected chi connectivity index (χ0v) is 11.3. The summed E-state index contributed by atoms with van der Waals surface area (Å²) >= 11 is 0. The fraction of sp³-hybridized carbons (Fsp3) is 0.0714. The van der Waals surface area contributed by atoms with Gasteiger partial charge in [0, 0.05) is 12.3 Å². The molecule has 0 radical (unpaired) electrons. The first-order valence-electron chi connectivity index (χ1n) is 5.97. The Balaban J connectivity index is 2.43. The predicted molar refractivity (Wildman–Crippen MR) is 76.0 cm³/mol. The minimum absolute atomic E-state index is 0.0855. The van der Waals surface area contributed by atoms with E-state index in [-0.39, 0.29) is 16.7 Å². The van der Waals surface area contributed by atoms with Crippen molar-refractivity contribution in [2.24, 2.45) is 0 Å². The monoisotopic (exact) mass is 305 g/mol. The summed E-state index contributed by atoms with van der Waals surface area (Å²) in [5.74, 6) is -2.75. The van der Waals surface area contributed by atoms with Crippen molar-refractivity contribution in [2.45, 2.75) is 0 Å². The summed E-state index contributed by atoms with van der Waals surface area (Å²) in [6.45, 7) is 0. The first-order valence-corrected chi connectivity index (χ1v) is 5.97. The van der Waals surface area contributed by atoms with Gasteiger partial charge in [-0.05, 0) is 12.1 Å². The molecular formula is C14H11NO7. The number of methoxy groups -OCH3 is 1. The van der Waals surface area contributed by atoms with E-state index >= 15 is 0 Å². The molecule has 8 nitrogen and oxygen atoms in total. The number of hydrogen-bond donors (Lipinski definition) is 3. The molecule has 1 heterocycles. The van der Waals surface area contributed by atoms with E-state index in [1.807, 2.05) is 0 Å². The van der Waals surface area contributed by atoms with Crippen LogP contribution in [0.1, 0.15) is 0 Å². The molecule has 0 atom stereocenters. The number of aliphatic carboxylic acids is 2. The number of anilines is 1. The molecule has 2 aromatic rings. The van der Waals surface area contributed by atoms with Crippen LogP contribution in [0.3, 0.4) is 0 Å². The fourth-order valence-electron chi connectivity index (χ4n) is 1.70. The highest BCUT2D eigenvalue weighted by atomic mass is 16.5. The molecule has 0 spiro atoms. The molecule has 0 saturated carbocycles. The lowest BCUT2D eigenvalue weighted by atomic mass is 10.2. The van der Waals surface area contributed by atoms with Crippen LogP contribution in [0.5, 0.6) is 5.75 Å². The summed E-state index contributed by atoms with van der Waals surface area (Å²) in [5.41, 5.74) is -1.17. The van der Waals surface area contributed by atoms with Crippen molar-refractivity contribution in [3.8, 4) is 5.75 Å². The van der Waals surface area contributed by atoms with E-state index in [9.17, 15) is 14.4 Å². The Morgan fingerprint density at radius 3 is 2.55 bits per heavy atom. The number of nitrogens with one attached hydrogen (secondary N) is 1. The van der Waals surface area contributed by atoms with Crippen molar-refractivity contribution >= 4 is 28.6 Å². The summed E-state index contributed by atoms with van der Waals surface area (Å²) in [7, 11) is 1.47. The van der Waals surface area contributed by atoms with Gasteiger partial charge in [-0.1, -0.05) is 0 Å². The van der Waals surface area contributed by atoms with Crippen LogP contribution < -0.4 is 15.5 Å². The highest BCUT2D eigenvalue weighted by Crippen LogP contribution is 2.20. The molecular weight excluding hydrogens is 294 g/mol. The van der Waals surface area contributed by atoms with Gasteiger partial charge in [-0.3, -0.25) is 4.79 Å². The summed E-state index contributed by atoms with van der Waals surface area (Å²) in [6.07, 6.45) is 1.79. The molecule has 1 aromatic carbocycles. The normalized spacial score (nSPS) is 10.0. The van der Waals surface area contributed by atoms with E-state index in [0.717, 1.165) is 6.26 Å². The third kappa shape index (κ3) is 2.90. The predicted octanol–water partition coefficient (Wildman–Crippen LogP) is 1.27. The van der Waals surface area contributed by atoms with Gasteiger partial charge in [0.15, 0.2) is 5.57 Å². The molecule has 0 aliphatic carbocycles. The Bertz CT molecular complexity index is 819. The SMILES string of the molecule is COc1ccc2c(=O)c(NC=C(C(=O)O)C(=O)O)coc2c1. The first-order chi connectivity index (χ1) is 10.4. The standard InChI is InChI=1S/C14H11NO7/c1-21-7-2-3-8-11(4-7)22-6-10(12(8)16)15-5-9(13(17)18)14(19)20/h2-6,15H,1H3,(H,17,18)(H,19,20). The summed E-state index contributed by atoms with van der Waals surface area (Å²) in [5, 5.41) is 20.0. The maximum Gasteiger partial charge on any atom is 0.344 e. The molecule has 114 valence electrons. The van der Waals surface area contributed by atoms with Crippen molar-refractivity contribution in [1.82, 2.24) is 0 Å². The first kappa shape index (κ1) is 15.1.